The minimum absolute atomic E-state index is 0.195. The van der Waals surface area contributed by atoms with E-state index in [1.54, 1.807) is 11.3 Å². The highest BCUT2D eigenvalue weighted by atomic mass is 79.9. The van der Waals surface area contributed by atoms with Crippen LogP contribution in [0.15, 0.2) is 28.6 Å². The minimum Gasteiger partial charge on any atom is -0.395 e. The number of nitrogens with zero attached hydrogens (tertiary/aromatic N) is 1. The number of aliphatic hydroxyl groups is 1. The van der Waals surface area contributed by atoms with Gasteiger partial charge in [0.1, 0.15) is 0 Å². The van der Waals surface area contributed by atoms with Crippen LogP contribution in [-0.4, -0.2) is 29.7 Å². The molecule has 0 aliphatic carbocycles. The van der Waals surface area contributed by atoms with Crippen LogP contribution in [0.5, 0.6) is 0 Å². The van der Waals surface area contributed by atoms with Gasteiger partial charge in [-0.25, -0.2) is 0 Å². The molecule has 1 aromatic rings. The van der Waals surface area contributed by atoms with Crippen LogP contribution in [0.1, 0.15) is 4.88 Å². The molecule has 0 amide bonds. The Labute approximate surface area is 97.0 Å². The molecular formula is C10H14BrNOS. The number of rotatable bonds is 6. The van der Waals surface area contributed by atoms with E-state index < -0.39 is 0 Å². The molecule has 1 aromatic heterocycles. The highest BCUT2D eigenvalue weighted by Crippen LogP contribution is 2.20. The molecule has 14 heavy (non-hydrogen) atoms. The predicted octanol–water partition coefficient (Wildman–Crippen LogP) is 2.49. The van der Waals surface area contributed by atoms with Crippen molar-refractivity contribution in [3.05, 3.63) is 33.5 Å². The normalized spacial score (nSPS) is 10.8. The zero-order valence-electron chi connectivity index (χ0n) is 7.95. The van der Waals surface area contributed by atoms with Crippen molar-refractivity contribution in [2.75, 3.05) is 19.7 Å². The van der Waals surface area contributed by atoms with Gasteiger partial charge in [-0.3, -0.25) is 4.90 Å². The van der Waals surface area contributed by atoms with Crippen molar-refractivity contribution in [3.8, 4) is 0 Å². The monoisotopic (exact) mass is 275 g/mol. The van der Waals surface area contributed by atoms with Crippen molar-refractivity contribution >= 4 is 27.3 Å². The van der Waals surface area contributed by atoms with E-state index in [-0.39, 0.29) is 6.61 Å². The zero-order chi connectivity index (χ0) is 10.4. The number of hydrogen-bond acceptors (Lipinski definition) is 3. The van der Waals surface area contributed by atoms with Gasteiger partial charge in [0.2, 0.25) is 0 Å². The fraction of sp³-hybridized carbons (Fsp3) is 0.400. The maximum atomic E-state index is 8.86. The van der Waals surface area contributed by atoms with Crippen LogP contribution in [0.4, 0.5) is 0 Å². The second kappa shape index (κ2) is 6.35. The van der Waals surface area contributed by atoms with Crippen molar-refractivity contribution in [3.63, 3.8) is 0 Å². The Kier molecular flexibility index (Phi) is 5.40. The molecule has 0 radical (unpaired) electrons. The van der Waals surface area contributed by atoms with E-state index in [2.05, 4.69) is 38.9 Å². The summed E-state index contributed by atoms with van der Waals surface area (Å²) in [6.45, 7) is 6.28. The maximum absolute atomic E-state index is 8.86. The second-order valence-electron chi connectivity index (χ2n) is 2.98. The fourth-order valence-electron chi connectivity index (χ4n) is 1.22. The SMILES string of the molecule is C=CCN(CCO)Cc1cc(Br)cs1. The van der Waals surface area contributed by atoms with Gasteiger partial charge in [-0.15, -0.1) is 17.9 Å². The third kappa shape index (κ3) is 3.92. The minimum atomic E-state index is 0.195. The molecule has 1 heterocycles. The van der Waals surface area contributed by atoms with Crippen LogP contribution in [-0.2, 0) is 6.54 Å². The van der Waals surface area contributed by atoms with Crippen molar-refractivity contribution < 1.29 is 5.11 Å². The van der Waals surface area contributed by atoms with Crippen LogP contribution in [0.3, 0.4) is 0 Å². The first-order chi connectivity index (χ1) is 6.76. The van der Waals surface area contributed by atoms with E-state index in [0.717, 1.165) is 17.6 Å². The van der Waals surface area contributed by atoms with Crippen molar-refractivity contribution in [1.82, 2.24) is 4.90 Å². The van der Waals surface area contributed by atoms with Crippen molar-refractivity contribution in [2.45, 2.75) is 6.54 Å². The highest BCUT2D eigenvalue weighted by molar-refractivity contribution is 9.10. The Bertz CT molecular complexity index is 287. The summed E-state index contributed by atoms with van der Waals surface area (Å²) in [5, 5.41) is 10.9. The molecule has 0 bridgehead atoms. The van der Waals surface area contributed by atoms with Gasteiger partial charge in [0, 0.05) is 34.4 Å². The molecule has 78 valence electrons. The predicted molar refractivity (Wildman–Crippen MR) is 64.6 cm³/mol. The van der Waals surface area contributed by atoms with E-state index in [1.165, 1.54) is 4.88 Å². The van der Waals surface area contributed by atoms with Crippen LogP contribution < -0.4 is 0 Å². The topological polar surface area (TPSA) is 23.5 Å². The quantitative estimate of drug-likeness (QED) is 0.807. The van der Waals surface area contributed by atoms with E-state index in [1.807, 2.05) is 6.08 Å². The average Bonchev–Trinajstić information content (AvgIpc) is 2.52. The van der Waals surface area contributed by atoms with Crippen molar-refractivity contribution in [1.29, 1.82) is 0 Å². The third-order valence-electron chi connectivity index (χ3n) is 1.80. The molecule has 0 aliphatic heterocycles. The molecule has 0 aromatic carbocycles. The molecule has 0 spiro atoms. The Morgan fingerprint density at radius 2 is 2.43 bits per heavy atom. The van der Waals surface area contributed by atoms with Gasteiger partial charge < -0.3 is 5.11 Å². The van der Waals surface area contributed by atoms with Gasteiger partial charge in [0.15, 0.2) is 0 Å². The van der Waals surface area contributed by atoms with Crippen LogP contribution in [0.2, 0.25) is 0 Å². The number of thiophene rings is 1. The Balaban J connectivity index is 2.49. The Morgan fingerprint density at radius 1 is 1.64 bits per heavy atom. The third-order valence-corrected chi connectivity index (χ3v) is 3.49. The molecule has 1 rings (SSSR count). The number of aliphatic hydroxyl groups excluding tert-OH is 1. The van der Waals surface area contributed by atoms with Gasteiger partial charge in [-0.2, -0.15) is 0 Å². The summed E-state index contributed by atoms with van der Waals surface area (Å²) in [6.07, 6.45) is 1.86. The van der Waals surface area contributed by atoms with Gasteiger partial charge in [0.05, 0.1) is 6.61 Å². The lowest BCUT2D eigenvalue weighted by Gasteiger charge is -2.17. The van der Waals surface area contributed by atoms with Gasteiger partial charge in [0.25, 0.3) is 0 Å². The first-order valence-corrected chi connectivity index (χ1v) is 6.10. The largest absolute Gasteiger partial charge is 0.395 e. The molecule has 2 nitrogen and oxygen atoms in total. The molecule has 0 atom stereocenters. The summed E-state index contributed by atoms with van der Waals surface area (Å²) < 4.78 is 1.13. The highest BCUT2D eigenvalue weighted by Gasteiger charge is 2.05. The summed E-state index contributed by atoms with van der Waals surface area (Å²) in [5.41, 5.74) is 0. The molecule has 0 aliphatic rings. The summed E-state index contributed by atoms with van der Waals surface area (Å²) in [5.74, 6) is 0. The molecule has 1 N–H and O–H groups in total. The van der Waals surface area contributed by atoms with Gasteiger partial charge in [-0.05, 0) is 22.0 Å². The first kappa shape index (κ1) is 11.9. The first-order valence-electron chi connectivity index (χ1n) is 4.43. The lowest BCUT2D eigenvalue weighted by molar-refractivity contribution is 0.204. The lowest BCUT2D eigenvalue weighted by Crippen LogP contribution is -2.26. The van der Waals surface area contributed by atoms with Crippen LogP contribution >= 0.6 is 27.3 Å². The summed E-state index contributed by atoms with van der Waals surface area (Å²) in [4.78, 5) is 3.46. The smallest absolute Gasteiger partial charge is 0.0558 e. The average molecular weight is 276 g/mol. The zero-order valence-corrected chi connectivity index (χ0v) is 10.4. The molecule has 0 fully saturated rings. The van der Waals surface area contributed by atoms with Gasteiger partial charge in [-0.1, -0.05) is 6.08 Å². The second-order valence-corrected chi connectivity index (χ2v) is 4.89. The molecule has 0 unspecified atom stereocenters. The van der Waals surface area contributed by atoms with Crippen LogP contribution in [0, 0.1) is 0 Å². The number of hydrogen-bond donors (Lipinski definition) is 1. The van der Waals surface area contributed by atoms with E-state index in [4.69, 9.17) is 5.11 Å². The maximum Gasteiger partial charge on any atom is 0.0558 e. The summed E-state index contributed by atoms with van der Waals surface area (Å²) in [7, 11) is 0. The fourth-order valence-corrected chi connectivity index (χ4v) is 2.71. The molecule has 4 heteroatoms. The molecule has 0 saturated carbocycles. The van der Waals surface area contributed by atoms with E-state index in [0.29, 0.717) is 6.54 Å². The Hall–Kier alpha value is -0.160. The van der Waals surface area contributed by atoms with E-state index in [9.17, 15) is 0 Å². The number of halogens is 1. The van der Waals surface area contributed by atoms with E-state index >= 15 is 0 Å². The lowest BCUT2D eigenvalue weighted by atomic mass is 10.4. The standard InChI is InChI=1S/C10H14BrNOS/c1-2-3-12(4-5-13)7-10-6-9(11)8-14-10/h2,6,8,13H,1,3-5,7H2. The summed E-state index contributed by atoms with van der Waals surface area (Å²) >= 11 is 5.15. The van der Waals surface area contributed by atoms with Crippen molar-refractivity contribution in [2.24, 2.45) is 0 Å². The van der Waals surface area contributed by atoms with Gasteiger partial charge >= 0.3 is 0 Å². The summed E-state index contributed by atoms with van der Waals surface area (Å²) in [6, 6.07) is 2.11. The van der Waals surface area contributed by atoms with Crippen LogP contribution in [0.25, 0.3) is 0 Å². The molecule has 0 saturated heterocycles. The molecular weight excluding hydrogens is 262 g/mol. The Morgan fingerprint density at radius 3 is 2.93 bits per heavy atom.